The van der Waals surface area contributed by atoms with Gasteiger partial charge in [-0.2, -0.15) is 0 Å². The Kier molecular flexibility index (Phi) is 38.2. The molecule has 0 heterocycles. The highest BCUT2D eigenvalue weighted by molar-refractivity contribution is 5.87. The molecule has 0 aromatic rings. The van der Waals surface area contributed by atoms with Crippen LogP contribution >= 0.6 is 0 Å². The van der Waals surface area contributed by atoms with Gasteiger partial charge in [-0.3, -0.25) is 39.4 Å². The number of primary amides is 1. The lowest BCUT2D eigenvalue weighted by Gasteiger charge is -2.17. The van der Waals surface area contributed by atoms with E-state index in [0.717, 1.165) is 51.4 Å². The number of rotatable bonds is 47. The Hall–Kier alpha value is -5.46. The molecule has 0 saturated carbocycles. The fourth-order valence-corrected chi connectivity index (χ4v) is 6.88. The molecular weight excluding hydrogens is 909 g/mol. The average molecular weight is 989 g/mol. The molecule has 4 atom stereocenters. The summed E-state index contributed by atoms with van der Waals surface area (Å²) in [6.07, 6.45) is 15.0. The Morgan fingerprint density at radius 1 is 0.391 bits per heavy atom. The van der Waals surface area contributed by atoms with Gasteiger partial charge in [0, 0.05) is 45.2 Å². The molecule has 14 N–H and O–H groups in total. The summed E-state index contributed by atoms with van der Waals surface area (Å²) in [5, 5.41) is 49.4. The van der Waals surface area contributed by atoms with Crippen LogP contribution in [0.25, 0.3) is 0 Å². The third-order valence-corrected chi connectivity index (χ3v) is 10.9. The number of hydrazine groups is 1. The van der Waals surface area contributed by atoms with Crippen molar-refractivity contribution < 1.29 is 77.8 Å². The van der Waals surface area contributed by atoms with Crippen molar-refractivity contribution in [3.63, 3.8) is 0 Å². The van der Waals surface area contributed by atoms with E-state index in [1.165, 1.54) is 32.1 Å². The van der Waals surface area contributed by atoms with Gasteiger partial charge in [-0.25, -0.2) is 19.8 Å². The Morgan fingerprint density at radius 3 is 1.22 bits per heavy atom. The quantitative estimate of drug-likeness (QED) is 0.0231. The molecular formula is C45H80N8O16. The molecule has 0 radical (unpaired) electrons. The van der Waals surface area contributed by atoms with E-state index < -0.39 is 90.6 Å². The van der Waals surface area contributed by atoms with Crippen molar-refractivity contribution in [1.29, 1.82) is 0 Å². The van der Waals surface area contributed by atoms with Gasteiger partial charge in [0.15, 0.2) is 0 Å². The number of aliphatic carboxylic acids is 4. The van der Waals surface area contributed by atoms with Crippen molar-refractivity contribution in [1.82, 2.24) is 32.0 Å². The van der Waals surface area contributed by atoms with E-state index in [0.29, 0.717) is 25.7 Å². The first-order valence-corrected chi connectivity index (χ1v) is 24.2. The van der Waals surface area contributed by atoms with Crippen LogP contribution in [0.5, 0.6) is 0 Å². The molecule has 0 fully saturated rings. The number of carbonyl (C=O) groups excluding carboxylic acids is 6. The zero-order chi connectivity index (χ0) is 51.7. The lowest BCUT2D eigenvalue weighted by atomic mass is 10.0. The molecule has 4 unspecified atom stereocenters. The minimum absolute atomic E-state index is 0.0128. The number of unbranched alkanes of at least 4 members (excludes halogenated alkanes) is 14. The third kappa shape index (κ3) is 38.1. The summed E-state index contributed by atoms with van der Waals surface area (Å²) >= 11 is 0. The van der Waals surface area contributed by atoms with E-state index in [4.69, 9.17) is 26.2 Å². The molecule has 0 bridgehead atoms. The molecule has 24 heteroatoms. The van der Waals surface area contributed by atoms with Crippen LogP contribution < -0.4 is 43.6 Å². The number of amides is 6. The largest absolute Gasteiger partial charge is 0.481 e. The first kappa shape index (κ1) is 63.5. The Bertz CT molecular complexity index is 1550. The van der Waals surface area contributed by atoms with Gasteiger partial charge in [-0.1, -0.05) is 77.0 Å². The minimum Gasteiger partial charge on any atom is -0.481 e. The van der Waals surface area contributed by atoms with Gasteiger partial charge >= 0.3 is 23.9 Å². The van der Waals surface area contributed by atoms with Crippen LogP contribution in [0.2, 0.25) is 0 Å². The van der Waals surface area contributed by atoms with E-state index in [2.05, 4.69) is 32.0 Å². The fraction of sp³-hybridized carbons (Fsp3) is 0.778. The van der Waals surface area contributed by atoms with Gasteiger partial charge in [0.05, 0.1) is 25.9 Å². The lowest BCUT2D eigenvalue weighted by Crippen LogP contribution is -2.45. The number of nitrogens with two attached hydrogens (primary N) is 2. The van der Waals surface area contributed by atoms with Crippen molar-refractivity contribution in [3.05, 3.63) is 0 Å². The topological polar surface area (TPSA) is 394 Å². The summed E-state index contributed by atoms with van der Waals surface area (Å²) in [7, 11) is 0. The van der Waals surface area contributed by atoms with Crippen LogP contribution in [-0.2, 0) is 57.4 Å². The zero-order valence-electron chi connectivity index (χ0n) is 40.1. The van der Waals surface area contributed by atoms with Crippen molar-refractivity contribution in [2.45, 2.75) is 185 Å². The average Bonchev–Trinajstić information content (AvgIpc) is 3.29. The second-order valence-corrected chi connectivity index (χ2v) is 16.8. The van der Waals surface area contributed by atoms with Crippen molar-refractivity contribution in [2.24, 2.45) is 11.6 Å². The van der Waals surface area contributed by atoms with Crippen LogP contribution in [0, 0.1) is 0 Å². The van der Waals surface area contributed by atoms with E-state index in [1.54, 1.807) is 0 Å². The molecule has 69 heavy (non-hydrogen) atoms. The molecule has 0 saturated heterocycles. The van der Waals surface area contributed by atoms with Gasteiger partial charge in [-0.15, -0.1) is 0 Å². The smallest absolute Gasteiger partial charge is 0.326 e. The molecule has 0 aromatic heterocycles. The summed E-state index contributed by atoms with van der Waals surface area (Å²) in [6.45, 7) is -0.184. The zero-order valence-corrected chi connectivity index (χ0v) is 40.1. The van der Waals surface area contributed by atoms with Crippen LogP contribution in [0.1, 0.15) is 161 Å². The number of hydrogen-bond donors (Lipinski definition) is 12. The van der Waals surface area contributed by atoms with E-state index in [9.17, 15) is 63.3 Å². The maximum Gasteiger partial charge on any atom is 0.326 e. The van der Waals surface area contributed by atoms with Crippen LogP contribution in [-0.4, -0.2) is 143 Å². The van der Waals surface area contributed by atoms with Crippen LogP contribution in [0.15, 0.2) is 0 Å². The summed E-state index contributed by atoms with van der Waals surface area (Å²) in [5.41, 5.74) is 7.47. The maximum atomic E-state index is 12.4. The van der Waals surface area contributed by atoms with Gasteiger partial charge in [-0.05, 0) is 51.4 Å². The minimum atomic E-state index is -1.49. The van der Waals surface area contributed by atoms with Gasteiger partial charge in [0.25, 0.3) is 0 Å². The predicted octanol–water partition coefficient (Wildman–Crippen LogP) is 1.11. The van der Waals surface area contributed by atoms with Gasteiger partial charge < -0.3 is 62.2 Å². The summed E-state index contributed by atoms with van der Waals surface area (Å²) in [5.74, 6) is -3.07. The number of carbonyl (C=O) groups is 10. The highest BCUT2D eigenvalue weighted by Crippen LogP contribution is 2.14. The molecule has 396 valence electrons. The molecule has 0 rings (SSSR count). The summed E-state index contributed by atoms with van der Waals surface area (Å²) < 4.78 is 10.5. The van der Waals surface area contributed by atoms with Crippen molar-refractivity contribution >= 4 is 59.3 Å². The second-order valence-electron chi connectivity index (χ2n) is 16.8. The van der Waals surface area contributed by atoms with Gasteiger partial charge in [0.2, 0.25) is 35.4 Å². The number of ether oxygens (including phenoxy) is 2. The summed E-state index contributed by atoms with van der Waals surface area (Å²) in [6, 6.07) is -4.84. The SMILES string of the molecule is NNC(CCCCNC(=O)CCC(NC(=O)CCC(NC(=O)COCCOCCNC(=O)CCC(NC(=O)CCCCCCCCCCCCCCCCC(=O)O)C(=O)O)C(=O)O)C(=O)O)C(N)=O. The first-order valence-electron chi connectivity index (χ1n) is 24.2. The van der Waals surface area contributed by atoms with E-state index in [1.807, 2.05) is 0 Å². The fourth-order valence-electron chi connectivity index (χ4n) is 6.88. The third-order valence-electron chi connectivity index (χ3n) is 10.9. The molecule has 0 aromatic carbocycles. The molecule has 0 aliphatic heterocycles. The number of nitrogens with one attached hydrogen (secondary N) is 6. The van der Waals surface area contributed by atoms with Crippen molar-refractivity contribution in [2.75, 3.05) is 39.5 Å². The molecule has 0 aliphatic carbocycles. The Balaban J connectivity index is 4.13. The second kappa shape index (κ2) is 41.5. The maximum absolute atomic E-state index is 12.4. The van der Waals surface area contributed by atoms with Crippen LogP contribution in [0.3, 0.4) is 0 Å². The highest BCUT2D eigenvalue weighted by atomic mass is 16.5. The normalized spacial score (nSPS) is 12.7. The molecule has 0 aliphatic rings. The van der Waals surface area contributed by atoms with Crippen LogP contribution in [0.4, 0.5) is 0 Å². The summed E-state index contributed by atoms with van der Waals surface area (Å²) in [4.78, 5) is 118. The lowest BCUT2D eigenvalue weighted by molar-refractivity contribution is -0.144. The predicted molar refractivity (Wildman–Crippen MR) is 250 cm³/mol. The highest BCUT2D eigenvalue weighted by Gasteiger charge is 2.25. The Labute approximate surface area is 404 Å². The number of hydrogen-bond acceptors (Lipinski definition) is 14. The Morgan fingerprint density at radius 2 is 0.783 bits per heavy atom. The van der Waals surface area contributed by atoms with Crippen molar-refractivity contribution in [3.8, 4) is 0 Å². The molecule has 6 amide bonds. The van der Waals surface area contributed by atoms with E-state index in [-0.39, 0.29) is 83.8 Å². The van der Waals surface area contributed by atoms with Gasteiger partial charge in [0.1, 0.15) is 24.7 Å². The molecule has 0 spiro atoms. The number of carboxylic acid groups (broad SMARTS) is 4. The number of carboxylic acids is 4. The monoisotopic (exact) mass is 989 g/mol. The molecule has 24 nitrogen and oxygen atoms in total. The van der Waals surface area contributed by atoms with E-state index >= 15 is 0 Å². The standard InChI is InChI=1S/C45H80N8O16/c46-42(61)32(53-47)17-15-16-26-48-36(54)23-20-34(44(64)65)51-39(57)25-22-35(45(66)67)52-40(58)31-69-30-29-68-28-27-49-37(55)24-21-33(43(62)63)50-38(56)18-13-11-9-7-5-3-1-2-4-6-8-10-12-14-19-41(59)60/h32-35,53H,1-31,47H2,(H2,46,61)(H,48,54)(H,49,55)(H,50,56)(H,51,57)(H,52,58)(H,59,60)(H,62,63)(H,64,65)(H,66,67). The first-order chi connectivity index (χ1) is 33.0.